The summed E-state index contributed by atoms with van der Waals surface area (Å²) in [6.45, 7) is 0.115. The van der Waals surface area contributed by atoms with Crippen molar-refractivity contribution in [2.45, 2.75) is 6.42 Å². The van der Waals surface area contributed by atoms with E-state index in [1.54, 1.807) is 30.5 Å². The largest absolute Gasteiger partial charge is 0.506 e. The highest BCUT2D eigenvalue weighted by molar-refractivity contribution is 5.51. The van der Waals surface area contributed by atoms with Gasteiger partial charge in [-0.15, -0.1) is 0 Å². The fourth-order valence-corrected chi connectivity index (χ4v) is 0.807. The molecule has 0 radical (unpaired) electrons. The van der Waals surface area contributed by atoms with Crippen molar-refractivity contribution >= 4 is 6.08 Å². The predicted molar refractivity (Wildman–Crippen MR) is 46.6 cm³/mol. The molecular formula is C9H11NO2. The summed E-state index contributed by atoms with van der Waals surface area (Å²) in [6, 6.07) is 3.24. The maximum atomic E-state index is 9.23. The van der Waals surface area contributed by atoms with Crippen molar-refractivity contribution in [1.82, 2.24) is 4.98 Å². The zero-order valence-electron chi connectivity index (χ0n) is 6.64. The molecule has 12 heavy (non-hydrogen) atoms. The minimum atomic E-state index is 0.115. The van der Waals surface area contributed by atoms with E-state index in [9.17, 15) is 5.11 Å². The third kappa shape index (κ3) is 2.36. The van der Waals surface area contributed by atoms with Crippen LogP contribution in [0, 0.1) is 0 Å². The molecule has 1 rings (SSSR count). The van der Waals surface area contributed by atoms with Gasteiger partial charge in [0.25, 0.3) is 0 Å². The molecule has 0 unspecified atom stereocenters. The topological polar surface area (TPSA) is 53.4 Å². The number of aliphatic hydroxyl groups excluding tert-OH is 1. The summed E-state index contributed by atoms with van der Waals surface area (Å²) in [4.78, 5) is 3.93. The van der Waals surface area contributed by atoms with Crippen molar-refractivity contribution in [1.29, 1.82) is 0 Å². The number of pyridine rings is 1. The SMILES string of the molecule is OCCC=Cc1ncccc1O. The van der Waals surface area contributed by atoms with Crippen molar-refractivity contribution in [3.8, 4) is 5.75 Å². The highest BCUT2D eigenvalue weighted by atomic mass is 16.3. The molecule has 0 aliphatic heterocycles. The third-order valence-electron chi connectivity index (χ3n) is 1.39. The number of aliphatic hydroxyl groups is 1. The molecule has 2 N–H and O–H groups in total. The quantitative estimate of drug-likeness (QED) is 0.707. The Bertz CT molecular complexity index is 271. The number of nitrogens with zero attached hydrogens (tertiary/aromatic N) is 1. The first-order valence-corrected chi connectivity index (χ1v) is 3.76. The van der Waals surface area contributed by atoms with Crippen molar-refractivity contribution in [3.63, 3.8) is 0 Å². The summed E-state index contributed by atoms with van der Waals surface area (Å²) in [5.74, 6) is 0.159. The molecular weight excluding hydrogens is 154 g/mol. The third-order valence-corrected chi connectivity index (χ3v) is 1.39. The van der Waals surface area contributed by atoms with Gasteiger partial charge in [-0.25, -0.2) is 0 Å². The molecule has 1 aromatic heterocycles. The molecule has 1 aromatic rings. The minimum Gasteiger partial charge on any atom is -0.506 e. The maximum Gasteiger partial charge on any atom is 0.141 e. The molecule has 0 aliphatic rings. The standard InChI is InChI=1S/C9H11NO2/c11-7-2-1-4-8-9(12)5-3-6-10-8/h1,3-6,11-12H,2,7H2. The second-order valence-corrected chi connectivity index (χ2v) is 2.32. The Morgan fingerprint density at radius 1 is 1.50 bits per heavy atom. The minimum absolute atomic E-state index is 0.115. The van der Waals surface area contributed by atoms with Crippen LogP contribution in [0.5, 0.6) is 5.75 Å². The number of rotatable bonds is 3. The van der Waals surface area contributed by atoms with E-state index in [0.717, 1.165) is 0 Å². The highest BCUT2D eigenvalue weighted by Gasteiger charge is 1.93. The van der Waals surface area contributed by atoms with E-state index in [-0.39, 0.29) is 12.4 Å². The summed E-state index contributed by atoms with van der Waals surface area (Å²) in [6.07, 6.45) is 5.64. The molecule has 0 aromatic carbocycles. The molecule has 1 heterocycles. The van der Waals surface area contributed by atoms with E-state index < -0.39 is 0 Å². The van der Waals surface area contributed by atoms with Gasteiger partial charge < -0.3 is 10.2 Å². The molecule has 0 aliphatic carbocycles. The van der Waals surface area contributed by atoms with E-state index in [1.807, 2.05) is 0 Å². The van der Waals surface area contributed by atoms with Crippen molar-refractivity contribution in [2.75, 3.05) is 6.61 Å². The van der Waals surface area contributed by atoms with Gasteiger partial charge in [0, 0.05) is 12.8 Å². The lowest BCUT2D eigenvalue weighted by Crippen LogP contribution is -1.80. The first-order chi connectivity index (χ1) is 5.84. The lowest BCUT2D eigenvalue weighted by molar-refractivity contribution is 0.303. The van der Waals surface area contributed by atoms with Gasteiger partial charge in [0.1, 0.15) is 11.4 Å². The molecule has 0 atom stereocenters. The average Bonchev–Trinajstić information content (AvgIpc) is 2.09. The summed E-state index contributed by atoms with van der Waals surface area (Å²) < 4.78 is 0. The van der Waals surface area contributed by atoms with Crippen molar-refractivity contribution < 1.29 is 10.2 Å². The molecule has 0 spiro atoms. The van der Waals surface area contributed by atoms with Crippen LogP contribution < -0.4 is 0 Å². The Morgan fingerprint density at radius 2 is 2.33 bits per heavy atom. The zero-order chi connectivity index (χ0) is 8.81. The van der Waals surface area contributed by atoms with Crippen LogP contribution in [0.1, 0.15) is 12.1 Å². The average molecular weight is 165 g/mol. The first kappa shape index (κ1) is 8.74. The fraction of sp³-hybridized carbons (Fsp3) is 0.222. The van der Waals surface area contributed by atoms with Gasteiger partial charge in [-0.1, -0.05) is 6.08 Å². The normalized spacial score (nSPS) is 10.8. The van der Waals surface area contributed by atoms with E-state index in [2.05, 4.69) is 4.98 Å². The Morgan fingerprint density at radius 3 is 3.00 bits per heavy atom. The number of aromatic nitrogens is 1. The summed E-state index contributed by atoms with van der Waals surface area (Å²) in [5.41, 5.74) is 0.533. The Labute approximate surface area is 71.0 Å². The lowest BCUT2D eigenvalue weighted by atomic mass is 10.3. The number of hydrogen-bond donors (Lipinski definition) is 2. The lowest BCUT2D eigenvalue weighted by Gasteiger charge is -1.94. The predicted octanol–water partition coefficient (Wildman–Crippen LogP) is 1.18. The summed E-state index contributed by atoms with van der Waals surface area (Å²) in [5, 5.41) is 17.7. The summed E-state index contributed by atoms with van der Waals surface area (Å²) in [7, 11) is 0. The van der Waals surface area contributed by atoms with Gasteiger partial charge in [0.15, 0.2) is 0 Å². The fourth-order valence-electron chi connectivity index (χ4n) is 0.807. The van der Waals surface area contributed by atoms with E-state index in [4.69, 9.17) is 5.11 Å². The molecule has 0 saturated heterocycles. The number of aromatic hydroxyl groups is 1. The van der Waals surface area contributed by atoms with E-state index in [0.29, 0.717) is 12.1 Å². The molecule has 3 nitrogen and oxygen atoms in total. The number of hydrogen-bond acceptors (Lipinski definition) is 3. The van der Waals surface area contributed by atoms with Gasteiger partial charge in [-0.05, 0) is 24.6 Å². The second-order valence-electron chi connectivity index (χ2n) is 2.32. The van der Waals surface area contributed by atoms with Crippen LogP contribution in [0.2, 0.25) is 0 Å². The molecule has 64 valence electrons. The summed E-state index contributed by atoms with van der Waals surface area (Å²) >= 11 is 0. The highest BCUT2D eigenvalue weighted by Crippen LogP contribution is 2.13. The zero-order valence-corrected chi connectivity index (χ0v) is 6.64. The Kier molecular flexibility index (Phi) is 3.29. The Hall–Kier alpha value is -1.35. The molecule has 0 amide bonds. The van der Waals surface area contributed by atoms with Gasteiger partial charge in [-0.2, -0.15) is 0 Å². The van der Waals surface area contributed by atoms with E-state index in [1.165, 1.54) is 0 Å². The van der Waals surface area contributed by atoms with Crippen molar-refractivity contribution in [3.05, 3.63) is 30.1 Å². The van der Waals surface area contributed by atoms with Crippen LogP contribution in [-0.2, 0) is 0 Å². The van der Waals surface area contributed by atoms with Crippen LogP contribution in [0.15, 0.2) is 24.4 Å². The van der Waals surface area contributed by atoms with E-state index >= 15 is 0 Å². The first-order valence-electron chi connectivity index (χ1n) is 3.76. The van der Waals surface area contributed by atoms with Gasteiger partial charge in [0.05, 0.1) is 0 Å². The monoisotopic (exact) mass is 165 g/mol. The molecule has 0 fully saturated rings. The van der Waals surface area contributed by atoms with Crippen LogP contribution >= 0.6 is 0 Å². The van der Waals surface area contributed by atoms with Gasteiger partial charge >= 0.3 is 0 Å². The molecule has 0 saturated carbocycles. The van der Waals surface area contributed by atoms with Gasteiger partial charge in [-0.3, -0.25) is 4.98 Å². The molecule has 3 heteroatoms. The molecule has 0 bridgehead atoms. The Balaban J connectivity index is 2.68. The smallest absolute Gasteiger partial charge is 0.141 e. The second kappa shape index (κ2) is 4.51. The van der Waals surface area contributed by atoms with Crippen LogP contribution in [0.25, 0.3) is 6.08 Å². The van der Waals surface area contributed by atoms with Crippen LogP contribution in [-0.4, -0.2) is 21.8 Å². The van der Waals surface area contributed by atoms with Crippen LogP contribution in [0.3, 0.4) is 0 Å². The van der Waals surface area contributed by atoms with Gasteiger partial charge in [0.2, 0.25) is 0 Å². The maximum absolute atomic E-state index is 9.23. The van der Waals surface area contributed by atoms with Crippen LogP contribution in [0.4, 0.5) is 0 Å². The van der Waals surface area contributed by atoms with Crippen molar-refractivity contribution in [2.24, 2.45) is 0 Å².